The number of unbranched alkanes of at least 4 members (excludes halogenated alkanes) is 1. The van der Waals surface area contributed by atoms with Crippen LogP contribution in [0.4, 0.5) is 0 Å². The van der Waals surface area contributed by atoms with Crippen molar-refractivity contribution in [1.29, 1.82) is 0 Å². The topological polar surface area (TPSA) is 54.9 Å². The van der Waals surface area contributed by atoms with Crippen molar-refractivity contribution < 1.29 is 9.47 Å². The summed E-state index contributed by atoms with van der Waals surface area (Å²) in [7, 11) is 1.80. The molecule has 2 N–H and O–H groups in total. The molecule has 1 fully saturated rings. The van der Waals surface area contributed by atoms with Gasteiger partial charge in [0.15, 0.2) is 5.96 Å². The van der Waals surface area contributed by atoms with Crippen LogP contribution in [0.2, 0.25) is 0 Å². The summed E-state index contributed by atoms with van der Waals surface area (Å²) in [5.74, 6) is 1.82. The van der Waals surface area contributed by atoms with E-state index >= 15 is 0 Å². The quantitative estimate of drug-likeness (QED) is 0.220. The number of aliphatic imine (C=N–C) groups is 1. The number of halogens is 1. The van der Waals surface area contributed by atoms with E-state index in [1.807, 2.05) is 6.92 Å². The number of guanidine groups is 1. The van der Waals surface area contributed by atoms with Gasteiger partial charge in [0.05, 0.1) is 6.10 Å². The van der Waals surface area contributed by atoms with Gasteiger partial charge in [0.1, 0.15) is 5.75 Å². The van der Waals surface area contributed by atoms with Crippen molar-refractivity contribution in [3.8, 4) is 5.75 Å². The molecule has 0 saturated heterocycles. The van der Waals surface area contributed by atoms with E-state index < -0.39 is 0 Å². The molecule has 1 aliphatic rings. The van der Waals surface area contributed by atoms with Crippen LogP contribution >= 0.6 is 24.0 Å². The number of benzene rings is 1. The molecule has 0 spiro atoms. The SMILES string of the molecule is CCOCCCCNC(=NC)NCc1ccc(OC2CCCCC2)cc1.I. The minimum absolute atomic E-state index is 0. The Kier molecular flexibility index (Phi) is 13.3. The minimum atomic E-state index is 0. The standard InChI is InChI=1S/C21H35N3O2.HI/c1-3-25-16-8-7-15-23-21(22-2)24-17-18-11-13-20(14-12-18)26-19-9-5-4-6-10-19;/h11-14,19H,3-10,15-17H2,1-2H3,(H2,22,23,24);1H. The van der Waals surface area contributed by atoms with E-state index in [2.05, 4.69) is 39.9 Å². The molecule has 0 heterocycles. The average Bonchev–Trinajstić information content (AvgIpc) is 2.69. The van der Waals surface area contributed by atoms with E-state index in [0.29, 0.717) is 6.10 Å². The predicted octanol–water partition coefficient (Wildman–Crippen LogP) is 4.50. The molecule has 0 unspecified atom stereocenters. The lowest BCUT2D eigenvalue weighted by Crippen LogP contribution is -2.37. The lowest BCUT2D eigenvalue weighted by Gasteiger charge is -2.23. The maximum absolute atomic E-state index is 6.08. The van der Waals surface area contributed by atoms with Gasteiger partial charge in [0.2, 0.25) is 0 Å². The zero-order valence-electron chi connectivity index (χ0n) is 16.8. The Hall–Kier alpha value is -1.02. The second-order valence-electron chi connectivity index (χ2n) is 6.78. The average molecular weight is 489 g/mol. The molecule has 1 saturated carbocycles. The Labute approximate surface area is 181 Å². The van der Waals surface area contributed by atoms with Gasteiger partial charge in [-0.1, -0.05) is 18.6 Å². The van der Waals surface area contributed by atoms with Crippen LogP contribution in [0.3, 0.4) is 0 Å². The first-order valence-corrected chi connectivity index (χ1v) is 10.1. The Morgan fingerprint density at radius 1 is 1.07 bits per heavy atom. The van der Waals surface area contributed by atoms with E-state index in [4.69, 9.17) is 9.47 Å². The van der Waals surface area contributed by atoms with E-state index in [9.17, 15) is 0 Å². The van der Waals surface area contributed by atoms with Gasteiger partial charge in [-0.3, -0.25) is 4.99 Å². The van der Waals surface area contributed by atoms with Gasteiger partial charge in [-0.2, -0.15) is 0 Å². The molecule has 27 heavy (non-hydrogen) atoms. The summed E-state index contributed by atoms with van der Waals surface area (Å²) in [6.07, 6.45) is 8.87. The molecule has 0 aliphatic heterocycles. The van der Waals surface area contributed by atoms with Crippen molar-refractivity contribution in [2.45, 2.75) is 64.5 Å². The fourth-order valence-electron chi connectivity index (χ4n) is 3.15. The third kappa shape index (κ3) is 10.2. The first-order valence-electron chi connectivity index (χ1n) is 10.1. The second-order valence-corrected chi connectivity index (χ2v) is 6.78. The van der Waals surface area contributed by atoms with Gasteiger partial charge in [-0.05, 0) is 63.1 Å². The molecule has 0 radical (unpaired) electrons. The molecular weight excluding hydrogens is 453 g/mol. The first kappa shape index (κ1) is 24.0. The van der Waals surface area contributed by atoms with Crippen LogP contribution in [0.5, 0.6) is 5.75 Å². The van der Waals surface area contributed by atoms with E-state index in [1.165, 1.54) is 37.7 Å². The number of nitrogens with one attached hydrogen (secondary N) is 2. The molecule has 1 aromatic carbocycles. The highest BCUT2D eigenvalue weighted by Gasteiger charge is 2.14. The molecule has 1 aliphatic carbocycles. The van der Waals surface area contributed by atoms with E-state index in [0.717, 1.165) is 50.9 Å². The highest BCUT2D eigenvalue weighted by atomic mass is 127. The maximum Gasteiger partial charge on any atom is 0.191 e. The molecular formula is C21H36IN3O2. The summed E-state index contributed by atoms with van der Waals surface area (Å²) >= 11 is 0. The van der Waals surface area contributed by atoms with E-state index in [1.54, 1.807) is 7.05 Å². The van der Waals surface area contributed by atoms with Crippen LogP contribution in [0.25, 0.3) is 0 Å². The molecule has 0 amide bonds. The van der Waals surface area contributed by atoms with Crippen LogP contribution in [0, 0.1) is 0 Å². The minimum Gasteiger partial charge on any atom is -0.490 e. The second kappa shape index (κ2) is 15.0. The third-order valence-corrected chi connectivity index (χ3v) is 4.67. The van der Waals surface area contributed by atoms with Crippen molar-refractivity contribution in [2.75, 3.05) is 26.8 Å². The summed E-state index contributed by atoms with van der Waals surface area (Å²) in [6.45, 7) is 5.31. The van der Waals surface area contributed by atoms with Crippen LogP contribution in [0.15, 0.2) is 29.3 Å². The number of ether oxygens (including phenoxy) is 2. The number of nitrogens with zero attached hydrogens (tertiary/aromatic N) is 1. The van der Waals surface area contributed by atoms with Crippen molar-refractivity contribution in [2.24, 2.45) is 4.99 Å². The summed E-state index contributed by atoms with van der Waals surface area (Å²) in [4.78, 5) is 4.27. The smallest absolute Gasteiger partial charge is 0.191 e. The lowest BCUT2D eigenvalue weighted by molar-refractivity contribution is 0.143. The van der Waals surface area contributed by atoms with Gasteiger partial charge in [0.25, 0.3) is 0 Å². The van der Waals surface area contributed by atoms with Crippen LogP contribution < -0.4 is 15.4 Å². The van der Waals surface area contributed by atoms with Gasteiger partial charge < -0.3 is 20.1 Å². The van der Waals surface area contributed by atoms with Crippen LogP contribution in [-0.4, -0.2) is 38.9 Å². The van der Waals surface area contributed by atoms with E-state index in [-0.39, 0.29) is 24.0 Å². The van der Waals surface area contributed by atoms with Gasteiger partial charge in [-0.15, -0.1) is 24.0 Å². The van der Waals surface area contributed by atoms with Crippen molar-refractivity contribution in [1.82, 2.24) is 10.6 Å². The molecule has 2 rings (SSSR count). The lowest BCUT2D eigenvalue weighted by atomic mass is 9.98. The Balaban J connectivity index is 0.00000364. The van der Waals surface area contributed by atoms with Crippen molar-refractivity contribution in [3.05, 3.63) is 29.8 Å². The largest absolute Gasteiger partial charge is 0.490 e. The molecule has 6 heteroatoms. The summed E-state index contributed by atoms with van der Waals surface area (Å²) in [5.41, 5.74) is 1.22. The van der Waals surface area contributed by atoms with Crippen molar-refractivity contribution >= 4 is 29.9 Å². The number of hydrogen-bond acceptors (Lipinski definition) is 3. The zero-order chi connectivity index (χ0) is 18.5. The fraction of sp³-hybridized carbons (Fsp3) is 0.667. The Bertz CT molecular complexity index is 517. The molecule has 5 nitrogen and oxygen atoms in total. The first-order chi connectivity index (χ1) is 12.8. The van der Waals surface area contributed by atoms with Gasteiger partial charge >= 0.3 is 0 Å². The normalized spacial score (nSPS) is 15.1. The summed E-state index contributed by atoms with van der Waals surface area (Å²) in [6, 6.07) is 8.41. The fourth-order valence-corrected chi connectivity index (χ4v) is 3.15. The van der Waals surface area contributed by atoms with Crippen LogP contribution in [0.1, 0.15) is 57.4 Å². The Morgan fingerprint density at radius 2 is 1.81 bits per heavy atom. The molecule has 1 aromatic rings. The van der Waals surface area contributed by atoms with Crippen molar-refractivity contribution in [3.63, 3.8) is 0 Å². The molecule has 0 bridgehead atoms. The summed E-state index contributed by atoms with van der Waals surface area (Å²) in [5, 5.41) is 6.70. The van der Waals surface area contributed by atoms with Gasteiger partial charge in [-0.25, -0.2) is 0 Å². The third-order valence-electron chi connectivity index (χ3n) is 4.67. The molecule has 0 aromatic heterocycles. The highest BCUT2D eigenvalue weighted by molar-refractivity contribution is 14.0. The summed E-state index contributed by atoms with van der Waals surface area (Å²) < 4.78 is 11.4. The monoisotopic (exact) mass is 489 g/mol. The number of hydrogen-bond donors (Lipinski definition) is 2. The molecule has 0 atom stereocenters. The predicted molar refractivity (Wildman–Crippen MR) is 123 cm³/mol. The van der Waals surface area contributed by atoms with Crippen LogP contribution in [-0.2, 0) is 11.3 Å². The highest BCUT2D eigenvalue weighted by Crippen LogP contribution is 2.23. The zero-order valence-corrected chi connectivity index (χ0v) is 19.2. The number of rotatable bonds is 10. The molecule has 154 valence electrons. The maximum atomic E-state index is 6.08. The Morgan fingerprint density at radius 3 is 2.48 bits per heavy atom. The van der Waals surface area contributed by atoms with Gasteiger partial charge in [0, 0.05) is 33.4 Å².